The number of ether oxygens (including phenoxy) is 1. The number of carbonyl (C=O) groups excluding carboxylic acids is 2. The SMILES string of the molecule is COCCNC(=O)c1cccc([S+]([O-])n2cc(C=O)cc2-c2ccccc2F)c1. The molecule has 1 unspecified atom stereocenters. The summed E-state index contributed by atoms with van der Waals surface area (Å²) in [7, 11) is 1.54. The molecule has 0 bridgehead atoms. The summed E-state index contributed by atoms with van der Waals surface area (Å²) in [6, 6.07) is 13.9. The van der Waals surface area contributed by atoms with Gasteiger partial charge in [-0.1, -0.05) is 18.2 Å². The molecule has 150 valence electrons. The van der Waals surface area contributed by atoms with E-state index in [0.717, 1.165) is 0 Å². The van der Waals surface area contributed by atoms with E-state index in [0.29, 0.717) is 35.6 Å². The number of nitrogens with zero attached hydrogens (tertiary/aromatic N) is 1. The van der Waals surface area contributed by atoms with Crippen LogP contribution in [0.5, 0.6) is 0 Å². The lowest BCUT2D eigenvalue weighted by atomic mass is 10.1. The Balaban J connectivity index is 1.95. The summed E-state index contributed by atoms with van der Waals surface area (Å²) in [5.41, 5.74) is 1.13. The van der Waals surface area contributed by atoms with Crippen molar-refractivity contribution in [1.82, 2.24) is 9.29 Å². The number of aldehydes is 1. The number of amides is 1. The van der Waals surface area contributed by atoms with E-state index in [-0.39, 0.29) is 17.0 Å². The second-order valence-electron chi connectivity index (χ2n) is 6.11. The van der Waals surface area contributed by atoms with Crippen LogP contribution in [0.1, 0.15) is 20.7 Å². The molecule has 1 N–H and O–H groups in total. The van der Waals surface area contributed by atoms with Gasteiger partial charge in [0.25, 0.3) is 5.91 Å². The van der Waals surface area contributed by atoms with Gasteiger partial charge in [-0.3, -0.25) is 9.59 Å². The van der Waals surface area contributed by atoms with Crippen molar-refractivity contribution >= 4 is 23.6 Å². The minimum Gasteiger partial charge on any atom is -0.587 e. The zero-order valence-corrected chi connectivity index (χ0v) is 16.4. The van der Waals surface area contributed by atoms with Crippen LogP contribution < -0.4 is 5.32 Å². The van der Waals surface area contributed by atoms with Crippen LogP contribution in [0.15, 0.2) is 65.7 Å². The predicted molar refractivity (Wildman–Crippen MR) is 108 cm³/mol. The van der Waals surface area contributed by atoms with Crippen LogP contribution in [0.25, 0.3) is 11.3 Å². The summed E-state index contributed by atoms with van der Waals surface area (Å²) in [5.74, 6) is -0.816. The molecular formula is C21H19FN2O4S. The summed E-state index contributed by atoms with van der Waals surface area (Å²) in [5, 5.41) is 2.70. The molecule has 0 saturated heterocycles. The zero-order chi connectivity index (χ0) is 20.8. The highest BCUT2D eigenvalue weighted by atomic mass is 32.2. The number of carbonyl (C=O) groups is 2. The normalized spacial score (nSPS) is 11.8. The molecule has 2 aromatic carbocycles. The third-order valence-corrected chi connectivity index (χ3v) is 5.48. The Labute approximate surface area is 170 Å². The largest absolute Gasteiger partial charge is 0.587 e. The molecular weight excluding hydrogens is 395 g/mol. The molecule has 0 aliphatic rings. The number of nitrogens with one attached hydrogen (secondary N) is 1. The zero-order valence-electron chi connectivity index (χ0n) is 15.6. The van der Waals surface area contributed by atoms with Gasteiger partial charge in [0.15, 0.2) is 11.2 Å². The quantitative estimate of drug-likeness (QED) is 0.349. The van der Waals surface area contributed by atoms with Crippen molar-refractivity contribution in [3.8, 4) is 11.3 Å². The van der Waals surface area contributed by atoms with Gasteiger partial charge < -0.3 is 14.6 Å². The molecule has 1 amide bonds. The molecule has 0 radical (unpaired) electrons. The standard InChI is InChI=1S/C21H19FN2O4S/c1-28-10-9-23-21(26)16-5-4-6-17(12-16)29(27)24-13-15(14-25)11-20(24)18-7-2-3-8-19(18)22/h2-8,11-14H,9-10H2,1H3,(H,23,26). The van der Waals surface area contributed by atoms with Crippen LogP contribution >= 0.6 is 0 Å². The molecule has 0 saturated carbocycles. The first-order chi connectivity index (χ1) is 14.0. The molecule has 1 heterocycles. The third kappa shape index (κ3) is 4.73. The van der Waals surface area contributed by atoms with Crippen LogP contribution in [-0.4, -0.2) is 41.0 Å². The lowest BCUT2D eigenvalue weighted by Gasteiger charge is -2.14. The van der Waals surface area contributed by atoms with Crippen molar-refractivity contribution in [2.45, 2.75) is 4.90 Å². The molecule has 0 fully saturated rings. The van der Waals surface area contributed by atoms with Crippen LogP contribution in [0.3, 0.4) is 0 Å². The van der Waals surface area contributed by atoms with E-state index >= 15 is 0 Å². The molecule has 6 nitrogen and oxygen atoms in total. The first kappa shape index (κ1) is 20.8. The van der Waals surface area contributed by atoms with Gasteiger partial charge in [0.1, 0.15) is 22.9 Å². The first-order valence-electron chi connectivity index (χ1n) is 8.77. The van der Waals surface area contributed by atoms with Gasteiger partial charge in [-0.15, -0.1) is 0 Å². The second kappa shape index (κ2) is 9.51. The number of methoxy groups -OCH3 is 1. The van der Waals surface area contributed by atoms with E-state index in [4.69, 9.17) is 4.74 Å². The van der Waals surface area contributed by atoms with Crippen molar-refractivity contribution in [1.29, 1.82) is 0 Å². The Bertz CT molecular complexity index is 1020. The van der Waals surface area contributed by atoms with Crippen molar-refractivity contribution in [3.05, 3.63) is 77.7 Å². The maximum absolute atomic E-state index is 14.3. The summed E-state index contributed by atoms with van der Waals surface area (Å²) < 4.78 is 33.7. The van der Waals surface area contributed by atoms with Crippen LogP contribution in [0.2, 0.25) is 0 Å². The Morgan fingerprint density at radius 2 is 2.03 bits per heavy atom. The van der Waals surface area contributed by atoms with E-state index in [9.17, 15) is 18.5 Å². The van der Waals surface area contributed by atoms with Crippen LogP contribution in [0, 0.1) is 5.82 Å². The monoisotopic (exact) mass is 414 g/mol. The van der Waals surface area contributed by atoms with Crippen LogP contribution in [0.4, 0.5) is 4.39 Å². The van der Waals surface area contributed by atoms with Gasteiger partial charge >= 0.3 is 0 Å². The molecule has 8 heteroatoms. The van der Waals surface area contributed by atoms with Gasteiger partial charge in [0.2, 0.25) is 0 Å². The van der Waals surface area contributed by atoms with Crippen molar-refractivity contribution < 1.29 is 23.3 Å². The number of hydrogen-bond donors (Lipinski definition) is 1. The number of rotatable bonds is 8. The van der Waals surface area contributed by atoms with Crippen molar-refractivity contribution in [2.24, 2.45) is 0 Å². The fourth-order valence-corrected chi connectivity index (χ4v) is 3.96. The highest BCUT2D eigenvalue weighted by Crippen LogP contribution is 2.28. The molecule has 0 aliphatic heterocycles. The van der Waals surface area contributed by atoms with E-state index in [2.05, 4.69) is 5.32 Å². The molecule has 1 atom stereocenters. The average molecular weight is 414 g/mol. The Morgan fingerprint density at radius 3 is 2.76 bits per heavy atom. The van der Waals surface area contributed by atoms with Gasteiger partial charge in [0.05, 0.1) is 12.8 Å². The number of hydrogen-bond acceptors (Lipinski definition) is 4. The Hall–Kier alpha value is -2.94. The Kier molecular flexibility index (Phi) is 6.82. The molecule has 0 aliphatic carbocycles. The van der Waals surface area contributed by atoms with Gasteiger partial charge in [-0.05, 0) is 30.3 Å². The minimum absolute atomic E-state index is 0.224. The van der Waals surface area contributed by atoms with Gasteiger partial charge in [0, 0.05) is 36.4 Å². The van der Waals surface area contributed by atoms with E-state index in [1.54, 1.807) is 36.4 Å². The maximum atomic E-state index is 14.3. The van der Waals surface area contributed by atoms with Crippen LogP contribution in [-0.2, 0) is 16.1 Å². The van der Waals surface area contributed by atoms with E-state index < -0.39 is 17.2 Å². The molecule has 1 aromatic heterocycles. The summed E-state index contributed by atoms with van der Waals surface area (Å²) in [4.78, 5) is 23.8. The first-order valence-corrected chi connectivity index (χ1v) is 9.87. The smallest absolute Gasteiger partial charge is 0.251 e. The lowest BCUT2D eigenvalue weighted by Crippen LogP contribution is -2.27. The summed E-state index contributed by atoms with van der Waals surface area (Å²) in [6.07, 6.45) is 2.01. The van der Waals surface area contributed by atoms with Crippen molar-refractivity contribution in [3.63, 3.8) is 0 Å². The molecule has 3 aromatic rings. The number of halogens is 1. The minimum atomic E-state index is -1.80. The lowest BCUT2D eigenvalue weighted by molar-refractivity contribution is 0.0936. The van der Waals surface area contributed by atoms with Crippen molar-refractivity contribution in [2.75, 3.05) is 20.3 Å². The predicted octanol–water partition coefficient (Wildman–Crippen LogP) is 3.05. The fraction of sp³-hybridized carbons (Fsp3) is 0.143. The topological polar surface area (TPSA) is 83.4 Å². The average Bonchev–Trinajstić information content (AvgIpc) is 3.18. The third-order valence-electron chi connectivity index (χ3n) is 4.16. The number of aromatic nitrogens is 1. The molecule has 3 rings (SSSR count). The number of benzene rings is 2. The maximum Gasteiger partial charge on any atom is 0.251 e. The second-order valence-corrected chi connectivity index (χ2v) is 7.47. The van der Waals surface area contributed by atoms with E-state index in [1.807, 2.05) is 0 Å². The summed E-state index contributed by atoms with van der Waals surface area (Å²) in [6.45, 7) is 0.724. The highest BCUT2D eigenvalue weighted by Gasteiger charge is 2.23. The van der Waals surface area contributed by atoms with Gasteiger partial charge in [-0.25, -0.2) is 4.39 Å². The van der Waals surface area contributed by atoms with Gasteiger partial charge in [-0.2, -0.15) is 3.97 Å². The summed E-state index contributed by atoms with van der Waals surface area (Å²) >= 11 is -1.80. The molecule has 29 heavy (non-hydrogen) atoms. The fourth-order valence-electron chi connectivity index (χ4n) is 2.76. The highest BCUT2D eigenvalue weighted by molar-refractivity contribution is 7.90. The Morgan fingerprint density at radius 1 is 1.24 bits per heavy atom. The van der Waals surface area contributed by atoms with E-state index in [1.165, 1.54) is 35.5 Å². The molecule has 0 spiro atoms.